The Labute approximate surface area is 158 Å². The van der Waals surface area contributed by atoms with Gasteiger partial charge in [0.15, 0.2) is 17.3 Å². The smallest absolute Gasteiger partial charge is 0.271 e. The summed E-state index contributed by atoms with van der Waals surface area (Å²) >= 11 is 1.34. The third-order valence-corrected chi connectivity index (χ3v) is 4.81. The fourth-order valence-electron chi connectivity index (χ4n) is 2.68. The molecule has 140 valence electrons. The predicted molar refractivity (Wildman–Crippen MR) is 95.8 cm³/mol. The number of amides is 1. The molecule has 3 aromatic rings. The zero-order chi connectivity index (χ0) is 18.8. The maximum Gasteiger partial charge on any atom is 0.271 e. The van der Waals surface area contributed by atoms with Crippen LogP contribution in [0.25, 0.3) is 0 Å². The van der Waals surface area contributed by atoms with Crippen LogP contribution < -0.4 is 20.5 Å². The molecular formula is C17H17N5O4S. The van der Waals surface area contributed by atoms with Crippen molar-refractivity contribution in [3.8, 4) is 11.5 Å². The van der Waals surface area contributed by atoms with Gasteiger partial charge in [-0.1, -0.05) is 11.2 Å². The van der Waals surface area contributed by atoms with Gasteiger partial charge in [0.2, 0.25) is 5.89 Å². The summed E-state index contributed by atoms with van der Waals surface area (Å²) in [7, 11) is 0. The largest absolute Gasteiger partial charge is 0.486 e. The molecule has 9 nitrogen and oxygen atoms in total. The van der Waals surface area contributed by atoms with Crippen LogP contribution in [0.15, 0.2) is 28.1 Å². The van der Waals surface area contributed by atoms with Crippen molar-refractivity contribution >= 4 is 17.2 Å². The number of carbonyl (C=O) groups excluding carboxylic acids is 1. The van der Waals surface area contributed by atoms with Crippen LogP contribution in [0.4, 0.5) is 0 Å². The number of hydrogen-bond donors (Lipinski definition) is 2. The first kappa shape index (κ1) is 17.4. The summed E-state index contributed by atoms with van der Waals surface area (Å²) in [5.41, 5.74) is 6.61. The van der Waals surface area contributed by atoms with Gasteiger partial charge in [0.25, 0.3) is 5.91 Å². The Balaban J connectivity index is 1.66. The lowest BCUT2D eigenvalue weighted by atomic mass is 10.0. The summed E-state index contributed by atoms with van der Waals surface area (Å²) in [4.78, 5) is 21.2. The minimum absolute atomic E-state index is 0.285. The van der Waals surface area contributed by atoms with E-state index in [9.17, 15) is 4.79 Å². The van der Waals surface area contributed by atoms with E-state index in [-0.39, 0.29) is 12.5 Å². The first-order valence-electron chi connectivity index (χ1n) is 8.29. The Morgan fingerprint density at radius 1 is 1.30 bits per heavy atom. The maximum atomic E-state index is 12.7. The molecule has 1 unspecified atom stereocenters. The number of aryl methyl sites for hydroxylation is 1. The predicted octanol–water partition coefficient (Wildman–Crippen LogP) is 1.58. The lowest BCUT2D eigenvalue weighted by Crippen LogP contribution is -2.30. The highest BCUT2D eigenvalue weighted by Crippen LogP contribution is 2.34. The third kappa shape index (κ3) is 3.62. The van der Waals surface area contributed by atoms with Crippen molar-refractivity contribution in [3.63, 3.8) is 0 Å². The van der Waals surface area contributed by atoms with E-state index in [1.807, 2.05) is 6.07 Å². The summed E-state index contributed by atoms with van der Waals surface area (Å²) < 4.78 is 16.3. The van der Waals surface area contributed by atoms with E-state index in [0.717, 1.165) is 5.56 Å². The van der Waals surface area contributed by atoms with E-state index in [1.54, 1.807) is 24.4 Å². The van der Waals surface area contributed by atoms with Gasteiger partial charge < -0.3 is 25.0 Å². The molecule has 0 spiro atoms. The molecule has 1 amide bonds. The van der Waals surface area contributed by atoms with Crippen LogP contribution in [0.5, 0.6) is 11.5 Å². The number of benzene rings is 1. The lowest BCUT2D eigenvalue weighted by Gasteiger charge is -2.21. The topological polar surface area (TPSA) is 125 Å². The molecule has 2 aromatic heterocycles. The Morgan fingerprint density at radius 2 is 2.11 bits per heavy atom. The standard InChI is InChI=1S/C17H17N5O4S/c1-9-19-16(22-26-9)15(21-17(23)11-8-27-14(7-18)20-11)10-2-3-12-13(6-10)25-5-4-24-12/h2-3,6,8,15H,4-5,7,18H2,1H3,(H,21,23). The number of ether oxygens (including phenoxy) is 2. The van der Waals surface area contributed by atoms with Gasteiger partial charge in [0, 0.05) is 18.8 Å². The van der Waals surface area contributed by atoms with Gasteiger partial charge in [-0.2, -0.15) is 4.98 Å². The number of thiazole rings is 1. The molecule has 10 heteroatoms. The average Bonchev–Trinajstić information content (AvgIpc) is 3.34. The summed E-state index contributed by atoms with van der Waals surface area (Å²) in [6.45, 7) is 2.94. The monoisotopic (exact) mass is 387 g/mol. The molecule has 1 aliphatic rings. The van der Waals surface area contributed by atoms with E-state index in [4.69, 9.17) is 19.7 Å². The van der Waals surface area contributed by atoms with Crippen molar-refractivity contribution in [3.05, 3.63) is 51.6 Å². The number of rotatable bonds is 5. The highest BCUT2D eigenvalue weighted by molar-refractivity contribution is 7.09. The van der Waals surface area contributed by atoms with Crippen LogP contribution >= 0.6 is 11.3 Å². The Morgan fingerprint density at radius 3 is 2.81 bits per heavy atom. The van der Waals surface area contributed by atoms with E-state index in [1.165, 1.54) is 11.3 Å². The van der Waals surface area contributed by atoms with E-state index in [0.29, 0.717) is 47.1 Å². The lowest BCUT2D eigenvalue weighted by molar-refractivity contribution is 0.0936. The molecule has 0 bridgehead atoms. The first-order valence-corrected chi connectivity index (χ1v) is 9.17. The molecule has 0 saturated carbocycles. The van der Waals surface area contributed by atoms with E-state index in [2.05, 4.69) is 20.4 Å². The summed E-state index contributed by atoms with van der Waals surface area (Å²) in [5.74, 6) is 1.66. The molecule has 0 saturated heterocycles. The molecule has 0 aliphatic carbocycles. The van der Waals surface area contributed by atoms with Crippen molar-refractivity contribution in [1.29, 1.82) is 0 Å². The molecule has 1 aliphatic heterocycles. The van der Waals surface area contributed by atoms with E-state index >= 15 is 0 Å². The van der Waals surface area contributed by atoms with Crippen LogP contribution in [0.1, 0.15) is 38.8 Å². The van der Waals surface area contributed by atoms with Gasteiger partial charge in [-0.25, -0.2) is 4.98 Å². The van der Waals surface area contributed by atoms with Gasteiger partial charge in [-0.05, 0) is 17.7 Å². The summed E-state index contributed by atoms with van der Waals surface area (Å²) in [6.07, 6.45) is 0. The number of fused-ring (bicyclic) bond motifs is 1. The summed E-state index contributed by atoms with van der Waals surface area (Å²) in [6, 6.07) is 4.80. The zero-order valence-corrected chi connectivity index (χ0v) is 15.3. The number of aromatic nitrogens is 3. The highest BCUT2D eigenvalue weighted by Gasteiger charge is 2.25. The number of nitrogens with two attached hydrogens (primary N) is 1. The number of nitrogens with one attached hydrogen (secondary N) is 1. The van der Waals surface area contributed by atoms with Gasteiger partial charge >= 0.3 is 0 Å². The van der Waals surface area contributed by atoms with E-state index < -0.39 is 6.04 Å². The van der Waals surface area contributed by atoms with Crippen molar-refractivity contribution in [2.75, 3.05) is 13.2 Å². The van der Waals surface area contributed by atoms with Crippen LogP contribution in [-0.2, 0) is 6.54 Å². The SMILES string of the molecule is Cc1nc(C(NC(=O)c2csc(CN)n2)c2ccc3c(c2)OCCO3)no1. The van der Waals surface area contributed by atoms with Gasteiger partial charge in [-0.3, -0.25) is 4.79 Å². The second kappa shape index (κ2) is 7.33. The molecule has 27 heavy (non-hydrogen) atoms. The third-order valence-electron chi connectivity index (χ3n) is 3.94. The minimum atomic E-state index is -0.631. The minimum Gasteiger partial charge on any atom is -0.486 e. The first-order chi connectivity index (χ1) is 13.1. The Kier molecular flexibility index (Phi) is 4.73. The molecule has 3 N–H and O–H groups in total. The zero-order valence-electron chi connectivity index (χ0n) is 14.5. The van der Waals surface area contributed by atoms with Crippen LogP contribution in [0.2, 0.25) is 0 Å². The molecule has 0 radical (unpaired) electrons. The number of nitrogens with zero attached hydrogens (tertiary/aromatic N) is 3. The second-order valence-corrected chi connectivity index (χ2v) is 6.75. The van der Waals surface area contributed by atoms with Crippen molar-refractivity contribution in [2.45, 2.75) is 19.5 Å². The molecule has 4 rings (SSSR count). The normalized spacial score (nSPS) is 14.0. The quantitative estimate of drug-likeness (QED) is 0.676. The van der Waals surface area contributed by atoms with Crippen molar-refractivity contribution in [2.24, 2.45) is 5.73 Å². The fraction of sp³-hybridized carbons (Fsp3) is 0.294. The van der Waals surface area contributed by atoms with Gasteiger partial charge in [0.1, 0.15) is 30.0 Å². The second-order valence-electron chi connectivity index (χ2n) is 5.81. The summed E-state index contributed by atoms with van der Waals surface area (Å²) in [5, 5.41) is 9.22. The van der Waals surface area contributed by atoms with Crippen LogP contribution in [0, 0.1) is 6.92 Å². The Bertz CT molecular complexity index is 970. The molecule has 3 heterocycles. The average molecular weight is 387 g/mol. The molecule has 0 fully saturated rings. The molecule has 1 aromatic carbocycles. The number of carbonyl (C=O) groups is 1. The fourth-order valence-corrected chi connectivity index (χ4v) is 3.34. The highest BCUT2D eigenvalue weighted by atomic mass is 32.1. The van der Waals surface area contributed by atoms with Crippen LogP contribution in [-0.4, -0.2) is 34.2 Å². The molecule has 1 atom stereocenters. The maximum absolute atomic E-state index is 12.7. The Hall–Kier alpha value is -2.98. The number of hydrogen-bond acceptors (Lipinski definition) is 9. The van der Waals surface area contributed by atoms with Gasteiger partial charge in [0.05, 0.1) is 0 Å². The van der Waals surface area contributed by atoms with Crippen molar-refractivity contribution in [1.82, 2.24) is 20.4 Å². The van der Waals surface area contributed by atoms with Gasteiger partial charge in [-0.15, -0.1) is 11.3 Å². The molecular weight excluding hydrogens is 370 g/mol. The van der Waals surface area contributed by atoms with Crippen molar-refractivity contribution < 1.29 is 18.8 Å². The van der Waals surface area contributed by atoms with Crippen LogP contribution in [0.3, 0.4) is 0 Å².